The molecule has 2 aliphatic carbocycles. The topological polar surface area (TPSA) is 75.4 Å². The molecule has 0 aromatic heterocycles. The lowest BCUT2D eigenvalue weighted by molar-refractivity contribution is 0.425. The molecule has 5 nitrogen and oxygen atoms in total. The van der Waals surface area contributed by atoms with Gasteiger partial charge in [0.1, 0.15) is 0 Å². The summed E-state index contributed by atoms with van der Waals surface area (Å²) in [7, 11) is -1.69. The summed E-state index contributed by atoms with van der Waals surface area (Å²) < 4.78 is 28.0. The molecule has 94 valence electrons. The number of hydrogen-bond acceptors (Lipinski definition) is 3. The first kappa shape index (κ1) is 12.3. The molecule has 0 saturated heterocycles. The van der Waals surface area contributed by atoms with Gasteiger partial charge in [-0.15, -0.1) is 0 Å². The molecule has 3 N–H and O–H groups in total. The van der Waals surface area contributed by atoms with Crippen molar-refractivity contribution >= 4 is 10.2 Å². The summed E-state index contributed by atoms with van der Waals surface area (Å²) in [4.78, 5) is 0. The van der Waals surface area contributed by atoms with E-state index in [0.29, 0.717) is 24.9 Å². The van der Waals surface area contributed by atoms with Crippen LogP contribution in [0.4, 0.5) is 0 Å². The minimum atomic E-state index is -3.33. The van der Waals surface area contributed by atoms with E-state index in [2.05, 4.69) is 4.72 Å². The minimum Gasteiger partial charge on any atom is -0.329 e. The Kier molecular flexibility index (Phi) is 3.53. The molecule has 0 radical (unpaired) electrons. The van der Waals surface area contributed by atoms with Crippen molar-refractivity contribution in [1.29, 1.82) is 0 Å². The first-order valence-electron chi connectivity index (χ1n) is 5.96. The number of rotatable bonds is 7. The van der Waals surface area contributed by atoms with Crippen LogP contribution in [0.2, 0.25) is 0 Å². The van der Waals surface area contributed by atoms with E-state index in [0.717, 1.165) is 25.7 Å². The highest BCUT2D eigenvalue weighted by Crippen LogP contribution is 2.33. The summed E-state index contributed by atoms with van der Waals surface area (Å²) in [5.74, 6) is 1.02. The quantitative estimate of drug-likeness (QED) is 0.659. The van der Waals surface area contributed by atoms with E-state index in [-0.39, 0.29) is 6.04 Å². The molecule has 0 heterocycles. The molecule has 0 amide bonds. The van der Waals surface area contributed by atoms with Crippen LogP contribution in [0.15, 0.2) is 0 Å². The predicted octanol–water partition coefficient (Wildman–Crippen LogP) is -0.100. The summed E-state index contributed by atoms with van der Waals surface area (Å²) in [6.07, 6.45) is 4.50. The zero-order chi connectivity index (χ0) is 11.8. The van der Waals surface area contributed by atoms with Crippen LogP contribution in [0.3, 0.4) is 0 Å². The fourth-order valence-electron chi connectivity index (χ4n) is 1.88. The lowest BCUT2D eigenvalue weighted by Gasteiger charge is -2.22. The van der Waals surface area contributed by atoms with E-state index >= 15 is 0 Å². The largest absolute Gasteiger partial charge is 0.329 e. The van der Waals surface area contributed by atoms with Crippen molar-refractivity contribution < 1.29 is 8.42 Å². The Labute approximate surface area is 97.6 Å². The Balaban J connectivity index is 1.88. The van der Waals surface area contributed by atoms with Gasteiger partial charge in [0.25, 0.3) is 10.2 Å². The lowest BCUT2D eigenvalue weighted by atomic mass is 10.2. The maximum Gasteiger partial charge on any atom is 0.279 e. The first-order valence-corrected chi connectivity index (χ1v) is 7.40. The summed E-state index contributed by atoms with van der Waals surface area (Å²) >= 11 is 0. The Bertz CT molecular complexity index is 336. The maximum absolute atomic E-state index is 12.0. The monoisotopic (exact) mass is 247 g/mol. The second kappa shape index (κ2) is 4.60. The van der Waals surface area contributed by atoms with Crippen molar-refractivity contribution in [3.05, 3.63) is 0 Å². The summed E-state index contributed by atoms with van der Waals surface area (Å²) in [6, 6.07) is -0.0772. The van der Waals surface area contributed by atoms with E-state index in [1.165, 1.54) is 4.31 Å². The first-order chi connectivity index (χ1) is 7.53. The van der Waals surface area contributed by atoms with Gasteiger partial charge in [0.05, 0.1) is 0 Å². The molecule has 2 rings (SSSR count). The number of nitrogens with two attached hydrogens (primary N) is 1. The normalized spacial score (nSPS) is 23.7. The molecule has 0 aliphatic heterocycles. The van der Waals surface area contributed by atoms with Crippen molar-refractivity contribution in [1.82, 2.24) is 9.03 Å². The molecule has 0 aromatic rings. The van der Waals surface area contributed by atoms with Crippen LogP contribution in [0, 0.1) is 11.8 Å². The van der Waals surface area contributed by atoms with Crippen LogP contribution < -0.4 is 10.5 Å². The van der Waals surface area contributed by atoms with Gasteiger partial charge >= 0.3 is 0 Å². The Morgan fingerprint density at radius 2 is 2.00 bits per heavy atom. The van der Waals surface area contributed by atoms with Crippen molar-refractivity contribution in [2.75, 3.05) is 20.1 Å². The van der Waals surface area contributed by atoms with Gasteiger partial charge in [-0.05, 0) is 37.5 Å². The van der Waals surface area contributed by atoms with Gasteiger partial charge in [-0.3, -0.25) is 0 Å². The molecule has 1 unspecified atom stereocenters. The molecule has 6 heteroatoms. The number of nitrogens with one attached hydrogen (secondary N) is 1. The maximum atomic E-state index is 12.0. The zero-order valence-electron chi connectivity index (χ0n) is 9.72. The third-order valence-electron chi connectivity index (χ3n) is 3.37. The van der Waals surface area contributed by atoms with E-state index in [1.807, 2.05) is 0 Å². The SMILES string of the molecule is CN(CC1CC1)S(=O)(=O)NC(CN)C1CC1. The highest BCUT2D eigenvalue weighted by Gasteiger charge is 2.35. The summed E-state index contributed by atoms with van der Waals surface area (Å²) in [5.41, 5.74) is 5.59. The molecular formula is C10H21N3O2S. The smallest absolute Gasteiger partial charge is 0.279 e. The van der Waals surface area contributed by atoms with E-state index < -0.39 is 10.2 Å². The fraction of sp³-hybridized carbons (Fsp3) is 1.00. The highest BCUT2D eigenvalue weighted by molar-refractivity contribution is 7.87. The van der Waals surface area contributed by atoms with Gasteiger partial charge in [0, 0.05) is 26.2 Å². The molecule has 0 spiro atoms. The van der Waals surface area contributed by atoms with Gasteiger partial charge in [-0.1, -0.05) is 0 Å². The van der Waals surface area contributed by atoms with Crippen molar-refractivity contribution in [2.45, 2.75) is 31.7 Å². The number of nitrogens with zero attached hydrogens (tertiary/aromatic N) is 1. The molecule has 2 fully saturated rings. The van der Waals surface area contributed by atoms with E-state index in [1.54, 1.807) is 7.05 Å². The molecule has 1 atom stereocenters. The second-order valence-corrected chi connectivity index (χ2v) is 6.84. The van der Waals surface area contributed by atoms with Gasteiger partial charge in [-0.2, -0.15) is 17.4 Å². The lowest BCUT2D eigenvalue weighted by Crippen LogP contribution is -2.48. The van der Waals surface area contributed by atoms with Gasteiger partial charge in [-0.25, -0.2) is 0 Å². The Morgan fingerprint density at radius 3 is 2.44 bits per heavy atom. The van der Waals surface area contributed by atoms with Crippen LogP contribution in [-0.4, -0.2) is 38.9 Å². The Morgan fingerprint density at radius 1 is 1.38 bits per heavy atom. The third kappa shape index (κ3) is 3.16. The fourth-order valence-corrected chi connectivity index (χ4v) is 3.14. The van der Waals surface area contributed by atoms with Crippen LogP contribution in [0.1, 0.15) is 25.7 Å². The molecule has 0 aromatic carbocycles. The van der Waals surface area contributed by atoms with Gasteiger partial charge in [0.15, 0.2) is 0 Å². The molecule has 0 bridgehead atoms. The second-order valence-electron chi connectivity index (χ2n) is 5.03. The van der Waals surface area contributed by atoms with Crippen molar-refractivity contribution in [3.63, 3.8) is 0 Å². The molecule has 2 saturated carbocycles. The molecule has 2 aliphatic rings. The summed E-state index contributed by atoms with van der Waals surface area (Å²) in [6.45, 7) is 1.03. The highest BCUT2D eigenvalue weighted by atomic mass is 32.2. The van der Waals surface area contributed by atoms with Crippen LogP contribution in [-0.2, 0) is 10.2 Å². The Hall–Kier alpha value is -0.170. The van der Waals surface area contributed by atoms with E-state index in [9.17, 15) is 8.42 Å². The zero-order valence-corrected chi connectivity index (χ0v) is 10.5. The standard InChI is InChI=1S/C10H21N3O2S/c1-13(7-8-2-3-8)16(14,15)12-10(6-11)9-4-5-9/h8-10,12H,2-7,11H2,1H3. The average Bonchev–Trinajstić information content (AvgIpc) is 3.05. The van der Waals surface area contributed by atoms with Gasteiger partial charge in [0.2, 0.25) is 0 Å². The van der Waals surface area contributed by atoms with Crippen LogP contribution >= 0.6 is 0 Å². The third-order valence-corrected chi connectivity index (χ3v) is 4.94. The van der Waals surface area contributed by atoms with E-state index in [4.69, 9.17) is 5.73 Å². The summed E-state index contributed by atoms with van der Waals surface area (Å²) in [5, 5.41) is 0. The minimum absolute atomic E-state index is 0.0772. The van der Waals surface area contributed by atoms with Crippen LogP contribution in [0.5, 0.6) is 0 Å². The molecular weight excluding hydrogens is 226 g/mol. The van der Waals surface area contributed by atoms with Crippen molar-refractivity contribution in [2.24, 2.45) is 17.6 Å². The molecule has 16 heavy (non-hydrogen) atoms. The average molecular weight is 247 g/mol. The van der Waals surface area contributed by atoms with Crippen LogP contribution in [0.25, 0.3) is 0 Å². The number of hydrogen-bond donors (Lipinski definition) is 2. The predicted molar refractivity (Wildman–Crippen MR) is 63.0 cm³/mol. The van der Waals surface area contributed by atoms with Crippen molar-refractivity contribution in [3.8, 4) is 0 Å². The van der Waals surface area contributed by atoms with Gasteiger partial charge < -0.3 is 5.73 Å².